The minimum atomic E-state index is -3.47. The Morgan fingerprint density at radius 2 is 1.96 bits per heavy atom. The normalized spacial score (nSPS) is 16.1. The van der Waals surface area contributed by atoms with Crippen molar-refractivity contribution in [3.63, 3.8) is 0 Å². The summed E-state index contributed by atoms with van der Waals surface area (Å²) in [4.78, 5) is 23.0. The van der Waals surface area contributed by atoms with E-state index in [9.17, 15) is 13.2 Å². The van der Waals surface area contributed by atoms with Gasteiger partial charge in [0.1, 0.15) is 0 Å². The molecule has 2 heterocycles. The highest BCUT2D eigenvalue weighted by Crippen LogP contribution is 2.43. The molecule has 0 atom stereocenters. The van der Waals surface area contributed by atoms with E-state index in [1.54, 1.807) is 19.0 Å². The Balaban J connectivity index is 2.26. The van der Waals surface area contributed by atoms with Gasteiger partial charge in [0, 0.05) is 32.1 Å². The monoisotopic (exact) mass is 353 g/mol. The van der Waals surface area contributed by atoms with Crippen LogP contribution in [0.2, 0.25) is 0 Å². The van der Waals surface area contributed by atoms with Gasteiger partial charge in [0.25, 0.3) is 5.91 Å². The fourth-order valence-corrected chi connectivity index (χ4v) is 4.75. The zero-order chi connectivity index (χ0) is 16.8. The fraction of sp³-hybridized carbons (Fsp3) is 0.533. The number of rotatable bonds is 3. The summed E-state index contributed by atoms with van der Waals surface area (Å²) in [6.07, 6.45) is 6.90. The molecule has 2 aromatic heterocycles. The molecule has 23 heavy (non-hydrogen) atoms. The van der Waals surface area contributed by atoms with Crippen LogP contribution in [-0.4, -0.2) is 49.5 Å². The summed E-state index contributed by atoms with van der Waals surface area (Å²) < 4.78 is 24.3. The second kappa shape index (κ2) is 5.83. The summed E-state index contributed by atoms with van der Waals surface area (Å²) in [5.74, 6) is 0.209. The van der Waals surface area contributed by atoms with Gasteiger partial charge in [0.05, 0.1) is 15.1 Å². The van der Waals surface area contributed by atoms with Crippen LogP contribution in [0, 0.1) is 0 Å². The maximum absolute atomic E-state index is 12.5. The van der Waals surface area contributed by atoms with Crippen LogP contribution in [0.3, 0.4) is 0 Å². The summed E-state index contributed by atoms with van der Waals surface area (Å²) in [6, 6.07) is 0. The van der Waals surface area contributed by atoms with Gasteiger partial charge >= 0.3 is 0 Å². The Hall–Kier alpha value is -1.54. The Morgan fingerprint density at radius 1 is 1.30 bits per heavy atom. The van der Waals surface area contributed by atoms with Gasteiger partial charge in [-0.05, 0) is 18.8 Å². The molecule has 0 spiro atoms. The Morgan fingerprint density at radius 3 is 2.52 bits per heavy atom. The van der Waals surface area contributed by atoms with Crippen LogP contribution in [0.25, 0.3) is 10.2 Å². The molecule has 6 nitrogen and oxygen atoms in total. The maximum atomic E-state index is 12.5. The highest BCUT2D eigenvalue weighted by molar-refractivity contribution is 7.90. The maximum Gasteiger partial charge on any atom is 0.263 e. The quantitative estimate of drug-likeness (QED) is 0.792. The van der Waals surface area contributed by atoms with Crippen LogP contribution in [0.1, 0.15) is 46.8 Å². The molecule has 0 unspecified atom stereocenters. The molecular formula is C15H19N3O3S2. The number of nitrogens with zero attached hydrogens (tertiary/aromatic N) is 3. The minimum Gasteiger partial charge on any atom is -0.344 e. The Bertz CT molecular complexity index is 865. The second-order valence-corrected chi connectivity index (χ2v) is 9.13. The van der Waals surface area contributed by atoms with E-state index >= 15 is 0 Å². The molecule has 0 N–H and O–H groups in total. The predicted octanol–water partition coefficient (Wildman–Crippen LogP) is 2.45. The lowest BCUT2D eigenvalue weighted by Gasteiger charge is -2.14. The molecule has 2 aromatic rings. The topological polar surface area (TPSA) is 80.2 Å². The average molecular weight is 353 g/mol. The highest BCUT2D eigenvalue weighted by atomic mass is 32.2. The van der Waals surface area contributed by atoms with Crippen LogP contribution < -0.4 is 0 Å². The fourth-order valence-electron chi connectivity index (χ4n) is 3.03. The van der Waals surface area contributed by atoms with Gasteiger partial charge < -0.3 is 4.90 Å². The molecule has 1 fully saturated rings. The van der Waals surface area contributed by atoms with Crippen molar-refractivity contribution in [2.45, 2.75) is 36.8 Å². The number of aromatic nitrogens is 2. The summed E-state index contributed by atoms with van der Waals surface area (Å²) in [5.41, 5.74) is 1.54. The number of thiophene rings is 1. The number of carbonyl (C=O) groups is 1. The van der Waals surface area contributed by atoms with Crippen LogP contribution in [0.15, 0.2) is 11.4 Å². The van der Waals surface area contributed by atoms with Crippen molar-refractivity contribution in [3.8, 4) is 0 Å². The minimum absolute atomic E-state index is 0.0594. The van der Waals surface area contributed by atoms with E-state index in [-0.39, 0.29) is 17.0 Å². The molecule has 1 saturated carbocycles. The molecule has 8 heteroatoms. The van der Waals surface area contributed by atoms with Crippen molar-refractivity contribution >= 4 is 37.3 Å². The van der Waals surface area contributed by atoms with E-state index in [2.05, 4.69) is 9.97 Å². The average Bonchev–Trinajstić information content (AvgIpc) is 3.11. The van der Waals surface area contributed by atoms with Gasteiger partial charge in [-0.15, -0.1) is 11.3 Å². The number of carbonyl (C=O) groups excluding carboxylic acids is 1. The predicted molar refractivity (Wildman–Crippen MR) is 89.8 cm³/mol. The first kappa shape index (κ1) is 16.3. The van der Waals surface area contributed by atoms with E-state index in [0.29, 0.717) is 10.4 Å². The van der Waals surface area contributed by atoms with Gasteiger partial charge in [-0.1, -0.05) is 12.8 Å². The molecule has 3 rings (SSSR count). The molecule has 1 aliphatic carbocycles. The van der Waals surface area contributed by atoms with Gasteiger partial charge in [-0.2, -0.15) is 0 Å². The standard InChI is InChI=1S/C15H19N3O3S2/c1-18(2)14(19)13-11(9-6-4-5-7-9)12-10(22-13)8-16-15(17-12)23(3,20)21/h8-9H,4-7H2,1-3H3. The first-order valence-electron chi connectivity index (χ1n) is 7.50. The SMILES string of the molecule is CN(C)C(=O)c1sc2cnc(S(C)(=O)=O)nc2c1C1CCCC1. The zero-order valence-corrected chi connectivity index (χ0v) is 15.0. The van der Waals surface area contributed by atoms with Crippen LogP contribution in [-0.2, 0) is 9.84 Å². The van der Waals surface area contributed by atoms with Crippen LogP contribution >= 0.6 is 11.3 Å². The zero-order valence-electron chi connectivity index (χ0n) is 13.4. The molecular weight excluding hydrogens is 334 g/mol. The molecule has 0 saturated heterocycles. The Labute approximate surface area is 139 Å². The van der Waals surface area contributed by atoms with E-state index in [1.807, 2.05) is 0 Å². The first-order valence-corrected chi connectivity index (χ1v) is 10.2. The third-order valence-electron chi connectivity index (χ3n) is 4.14. The van der Waals surface area contributed by atoms with E-state index in [1.165, 1.54) is 17.5 Å². The van der Waals surface area contributed by atoms with Crippen molar-refractivity contribution in [2.24, 2.45) is 0 Å². The summed E-state index contributed by atoms with van der Waals surface area (Å²) >= 11 is 1.36. The number of hydrogen-bond acceptors (Lipinski definition) is 6. The third-order valence-corrected chi connectivity index (χ3v) is 6.12. The number of fused-ring (bicyclic) bond motifs is 1. The second-order valence-electron chi connectivity index (χ2n) is 6.16. The van der Waals surface area contributed by atoms with E-state index in [0.717, 1.165) is 42.2 Å². The molecule has 0 bridgehead atoms. The lowest BCUT2D eigenvalue weighted by atomic mass is 9.96. The number of hydrogen-bond donors (Lipinski definition) is 0. The summed E-state index contributed by atoms with van der Waals surface area (Å²) in [5, 5.41) is -0.175. The number of sulfone groups is 1. The number of amides is 1. The molecule has 0 aliphatic heterocycles. The summed E-state index contributed by atoms with van der Waals surface area (Å²) in [7, 11) is -0.0328. The smallest absolute Gasteiger partial charge is 0.263 e. The molecule has 124 valence electrons. The van der Waals surface area contributed by atoms with Gasteiger partial charge in [-0.25, -0.2) is 18.4 Å². The lowest BCUT2D eigenvalue weighted by molar-refractivity contribution is 0.0831. The molecule has 0 aromatic carbocycles. The van der Waals surface area contributed by atoms with Crippen molar-refractivity contribution in [1.29, 1.82) is 0 Å². The summed E-state index contributed by atoms with van der Waals surface area (Å²) in [6.45, 7) is 0. The lowest BCUT2D eigenvalue weighted by Crippen LogP contribution is -2.22. The van der Waals surface area contributed by atoms with Gasteiger partial charge in [0.15, 0.2) is 0 Å². The van der Waals surface area contributed by atoms with Gasteiger partial charge in [0.2, 0.25) is 15.0 Å². The molecule has 1 amide bonds. The van der Waals surface area contributed by atoms with Crippen LogP contribution in [0.4, 0.5) is 0 Å². The van der Waals surface area contributed by atoms with Gasteiger partial charge in [-0.3, -0.25) is 4.79 Å². The third kappa shape index (κ3) is 2.97. The van der Waals surface area contributed by atoms with Crippen molar-refractivity contribution < 1.29 is 13.2 Å². The molecule has 1 aliphatic rings. The molecule has 0 radical (unpaired) electrons. The van der Waals surface area contributed by atoms with Crippen molar-refractivity contribution in [2.75, 3.05) is 20.4 Å². The van der Waals surface area contributed by atoms with Crippen molar-refractivity contribution in [1.82, 2.24) is 14.9 Å². The first-order chi connectivity index (χ1) is 10.8. The largest absolute Gasteiger partial charge is 0.344 e. The highest BCUT2D eigenvalue weighted by Gasteiger charge is 2.29. The Kier molecular flexibility index (Phi) is 4.14. The van der Waals surface area contributed by atoms with Crippen molar-refractivity contribution in [3.05, 3.63) is 16.6 Å². The van der Waals surface area contributed by atoms with E-state index < -0.39 is 9.84 Å². The van der Waals surface area contributed by atoms with Crippen LogP contribution in [0.5, 0.6) is 0 Å². The van der Waals surface area contributed by atoms with E-state index in [4.69, 9.17) is 0 Å².